The largest absolute Gasteiger partial charge is 0.480 e. The molecule has 116 valence electrons. The Morgan fingerprint density at radius 2 is 2.05 bits per heavy atom. The van der Waals surface area contributed by atoms with Gasteiger partial charge in [-0.3, -0.25) is 4.79 Å². The molecule has 1 N–H and O–H groups in total. The monoisotopic (exact) mass is 312 g/mol. The third kappa shape index (κ3) is 3.40. The number of halogens is 1. The van der Waals surface area contributed by atoms with E-state index in [0.717, 1.165) is 19.3 Å². The standard InChI is InChI=1S/C15H21ClN2O3/c1-10(2)18-9-11(16)8-13(18)14(19)17-7-5-3-4-6-12(17)15(20)21/h8-10,12H,3-7H2,1-2H3,(H,20,21). The maximum Gasteiger partial charge on any atom is 0.326 e. The lowest BCUT2D eigenvalue weighted by molar-refractivity contribution is -0.142. The minimum Gasteiger partial charge on any atom is -0.480 e. The first-order chi connectivity index (χ1) is 9.91. The summed E-state index contributed by atoms with van der Waals surface area (Å²) < 4.78 is 1.80. The molecule has 2 heterocycles. The van der Waals surface area contributed by atoms with Crippen molar-refractivity contribution < 1.29 is 14.7 Å². The van der Waals surface area contributed by atoms with Crippen molar-refractivity contribution in [1.29, 1.82) is 0 Å². The Morgan fingerprint density at radius 3 is 2.67 bits per heavy atom. The summed E-state index contributed by atoms with van der Waals surface area (Å²) in [4.78, 5) is 25.7. The summed E-state index contributed by atoms with van der Waals surface area (Å²) >= 11 is 6.02. The molecule has 1 aliphatic rings. The van der Waals surface area contributed by atoms with Crippen LogP contribution in [0.3, 0.4) is 0 Å². The third-order valence-electron chi connectivity index (χ3n) is 3.89. The first-order valence-corrected chi connectivity index (χ1v) is 7.70. The fourth-order valence-electron chi connectivity index (χ4n) is 2.80. The molecule has 1 unspecified atom stereocenters. The number of likely N-dealkylation sites (tertiary alicyclic amines) is 1. The maximum absolute atomic E-state index is 12.8. The van der Waals surface area contributed by atoms with E-state index < -0.39 is 12.0 Å². The van der Waals surface area contributed by atoms with E-state index in [1.54, 1.807) is 16.8 Å². The van der Waals surface area contributed by atoms with Gasteiger partial charge >= 0.3 is 5.97 Å². The zero-order chi connectivity index (χ0) is 15.6. The van der Waals surface area contributed by atoms with Gasteiger partial charge in [-0.15, -0.1) is 0 Å². The SMILES string of the molecule is CC(C)n1cc(Cl)cc1C(=O)N1CCCCCC1C(=O)O. The summed E-state index contributed by atoms with van der Waals surface area (Å²) in [6.45, 7) is 4.41. The quantitative estimate of drug-likeness (QED) is 0.932. The van der Waals surface area contributed by atoms with E-state index in [0.29, 0.717) is 23.7 Å². The van der Waals surface area contributed by atoms with Crippen molar-refractivity contribution >= 4 is 23.5 Å². The molecule has 5 nitrogen and oxygen atoms in total. The van der Waals surface area contributed by atoms with E-state index in [4.69, 9.17) is 11.6 Å². The number of nitrogens with zero attached hydrogens (tertiary/aromatic N) is 2. The summed E-state index contributed by atoms with van der Waals surface area (Å²) in [5.41, 5.74) is 0.461. The number of amides is 1. The van der Waals surface area contributed by atoms with Crippen molar-refractivity contribution in [2.75, 3.05) is 6.54 Å². The van der Waals surface area contributed by atoms with Crippen LogP contribution in [0.25, 0.3) is 0 Å². The van der Waals surface area contributed by atoms with Gasteiger partial charge in [0.2, 0.25) is 0 Å². The minimum atomic E-state index is -0.931. The molecule has 0 bridgehead atoms. The topological polar surface area (TPSA) is 62.5 Å². The number of hydrogen-bond donors (Lipinski definition) is 1. The molecule has 0 saturated carbocycles. The number of aromatic nitrogens is 1. The van der Waals surface area contributed by atoms with Crippen LogP contribution in [0.4, 0.5) is 0 Å². The zero-order valence-corrected chi connectivity index (χ0v) is 13.1. The molecular weight excluding hydrogens is 292 g/mol. The average molecular weight is 313 g/mol. The first-order valence-electron chi connectivity index (χ1n) is 7.33. The van der Waals surface area contributed by atoms with Crippen LogP contribution >= 0.6 is 11.6 Å². The van der Waals surface area contributed by atoms with Crippen LogP contribution in [-0.4, -0.2) is 39.0 Å². The maximum atomic E-state index is 12.8. The fourth-order valence-corrected chi connectivity index (χ4v) is 3.01. The van der Waals surface area contributed by atoms with Crippen LogP contribution in [0.15, 0.2) is 12.3 Å². The van der Waals surface area contributed by atoms with Gasteiger partial charge < -0.3 is 14.6 Å². The molecule has 2 rings (SSSR count). The average Bonchev–Trinajstić information content (AvgIpc) is 2.66. The van der Waals surface area contributed by atoms with Crippen molar-refractivity contribution in [1.82, 2.24) is 9.47 Å². The lowest BCUT2D eigenvalue weighted by atomic mass is 10.1. The Labute approximate surface area is 129 Å². The Hall–Kier alpha value is -1.49. The molecule has 1 aromatic rings. The Kier molecular flexibility index (Phi) is 4.93. The predicted molar refractivity (Wildman–Crippen MR) is 80.8 cm³/mol. The van der Waals surface area contributed by atoms with Crippen LogP contribution in [-0.2, 0) is 4.79 Å². The van der Waals surface area contributed by atoms with Crippen molar-refractivity contribution in [3.8, 4) is 0 Å². The van der Waals surface area contributed by atoms with Crippen molar-refractivity contribution in [2.45, 2.75) is 51.6 Å². The highest BCUT2D eigenvalue weighted by molar-refractivity contribution is 6.31. The summed E-state index contributed by atoms with van der Waals surface area (Å²) in [6.07, 6.45) is 4.86. The van der Waals surface area contributed by atoms with Gasteiger partial charge in [0, 0.05) is 18.8 Å². The highest BCUT2D eigenvalue weighted by atomic mass is 35.5. The molecule has 0 radical (unpaired) electrons. The number of rotatable bonds is 3. The summed E-state index contributed by atoms with van der Waals surface area (Å²) in [5.74, 6) is -1.18. The Bertz CT molecular complexity index is 539. The van der Waals surface area contributed by atoms with Gasteiger partial charge in [-0.2, -0.15) is 0 Å². The number of aliphatic carboxylic acids is 1. The normalized spacial score (nSPS) is 19.6. The van der Waals surface area contributed by atoms with Crippen LogP contribution in [0.5, 0.6) is 0 Å². The zero-order valence-electron chi connectivity index (χ0n) is 12.4. The van der Waals surface area contributed by atoms with E-state index in [2.05, 4.69) is 0 Å². The lowest BCUT2D eigenvalue weighted by Crippen LogP contribution is -2.45. The summed E-state index contributed by atoms with van der Waals surface area (Å²) in [5, 5.41) is 9.88. The van der Waals surface area contributed by atoms with Gasteiger partial charge in [0.15, 0.2) is 0 Å². The molecule has 0 aromatic carbocycles. The predicted octanol–water partition coefficient (Wildman–Crippen LogP) is 3.19. The van der Waals surface area contributed by atoms with Crippen LogP contribution < -0.4 is 0 Å². The van der Waals surface area contributed by atoms with Gasteiger partial charge in [0.1, 0.15) is 11.7 Å². The van der Waals surface area contributed by atoms with E-state index in [1.165, 1.54) is 4.90 Å². The smallest absolute Gasteiger partial charge is 0.326 e. The lowest BCUT2D eigenvalue weighted by Gasteiger charge is -2.27. The number of hydrogen-bond acceptors (Lipinski definition) is 2. The molecule has 0 spiro atoms. The Morgan fingerprint density at radius 1 is 1.33 bits per heavy atom. The molecule has 6 heteroatoms. The van der Waals surface area contributed by atoms with Crippen LogP contribution in [0, 0.1) is 0 Å². The first kappa shape index (κ1) is 15.9. The number of carboxylic acids is 1. The van der Waals surface area contributed by atoms with E-state index in [-0.39, 0.29) is 11.9 Å². The second kappa shape index (κ2) is 6.52. The van der Waals surface area contributed by atoms with Gasteiger partial charge in [-0.1, -0.05) is 24.4 Å². The van der Waals surface area contributed by atoms with Crippen molar-refractivity contribution in [3.63, 3.8) is 0 Å². The molecule has 1 aromatic heterocycles. The number of carbonyl (C=O) groups excluding carboxylic acids is 1. The van der Waals surface area contributed by atoms with E-state index in [9.17, 15) is 14.7 Å². The van der Waals surface area contributed by atoms with Gasteiger partial charge in [-0.25, -0.2) is 4.79 Å². The highest BCUT2D eigenvalue weighted by Gasteiger charge is 2.32. The van der Waals surface area contributed by atoms with E-state index >= 15 is 0 Å². The molecule has 1 aliphatic heterocycles. The molecule has 0 aliphatic carbocycles. The van der Waals surface area contributed by atoms with Gasteiger partial charge in [-0.05, 0) is 32.8 Å². The van der Waals surface area contributed by atoms with E-state index in [1.807, 2.05) is 13.8 Å². The van der Waals surface area contributed by atoms with Crippen LogP contribution in [0.1, 0.15) is 56.1 Å². The minimum absolute atomic E-state index is 0.0895. The molecule has 21 heavy (non-hydrogen) atoms. The molecule has 1 saturated heterocycles. The second-order valence-corrected chi connectivity index (χ2v) is 6.18. The van der Waals surface area contributed by atoms with Gasteiger partial charge in [0.25, 0.3) is 5.91 Å². The highest BCUT2D eigenvalue weighted by Crippen LogP contribution is 2.24. The second-order valence-electron chi connectivity index (χ2n) is 5.75. The van der Waals surface area contributed by atoms with Crippen molar-refractivity contribution in [3.05, 3.63) is 23.0 Å². The Balaban J connectivity index is 2.34. The fraction of sp³-hybridized carbons (Fsp3) is 0.600. The summed E-state index contributed by atoms with van der Waals surface area (Å²) in [7, 11) is 0. The van der Waals surface area contributed by atoms with Gasteiger partial charge in [0.05, 0.1) is 5.02 Å². The number of carboxylic acid groups (broad SMARTS) is 1. The molecule has 1 fully saturated rings. The molecular formula is C15H21ClN2O3. The third-order valence-corrected chi connectivity index (χ3v) is 4.10. The number of carbonyl (C=O) groups is 2. The van der Waals surface area contributed by atoms with Crippen LogP contribution in [0.2, 0.25) is 5.02 Å². The molecule has 1 amide bonds. The van der Waals surface area contributed by atoms with Crippen molar-refractivity contribution in [2.24, 2.45) is 0 Å². The molecule has 1 atom stereocenters. The summed E-state index contributed by atoms with van der Waals surface area (Å²) in [6, 6.07) is 0.967.